The van der Waals surface area contributed by atoms with E-state index in [1.165, 1.54) is 0 Å². The van der Waals surface area contributed by atoms with Gasteiger partial charge in [-0.3, -0.25) is 0 Å². The summed E-state index contributed by atoms with van der Waals surface area (Å²) < 4.78 is 29.7. The first kappa shape index (κ1) is 16.7. The van der Waals surface area contributed by atoms with Crippen molar-refractivity contribution < 1.29 is 12.3 Å². The van der Waals surface area contributed by atoms with Gasteiger partial charge in [-0.15, -0.1) is 0 Å². The molecule has 0 rings (SSSR count). The van der Waals surface area contributed by atoms with Crippen molar-refractivity contribution in [3.63, 3.8) is 0 Å². The predicted octanol–water partition coefficient (Wildman–Crippen LogP) is 3.22. The van der Waals surface area contributed by atoms with Crippen molar-refractivity contribution in [1.29, 1.82) is 0 Å². The van der Waals surface area contributed by atoms with Gasteiger partial charge in [0.1, 0.15) is 0 Å². The Kier molecular flexibility index (Phi) is 6.27. The molecule has 16 heavy (non-hydrogen) atoms. The summed E-state index contributed by atoms with van der Waals surface area (Å²) in [6, 6.07) is 0. The minimum atomic E-state index is -3.29. The van der Waals surface area contributed by atoms with Crippen LogP contribution in [0.2, 0.25) is 35.4 Å². The van der Waals surface area contributed by atoms with Crippen LogP contribution >= 0.6 is 0 Å². The molecule has 0 unspecified atom stereocenters. The van der Waals surface area contributed by atoms with Crippen molar-refractivity contribution in [3.05, 3.63) is 0 Å². The molecule has 6 heteroatoms. The van der Waals surface area contributed by atoms with E-state index in [-0.39, 0.29) is 0 Å². The van der Waals surface area contributed by atoms with Crippen LogP contribution in [0.5, 0.6) is 0 Å². The second-order valence-corrected chi connectivity index (χ2v) is 24.3. The molecule has 98 valence electrons. The van der Waals surface area contributed by atoms with Crippen molar-refractivity contribution in [2.24, 2.45) is 0 Å². The molecule has 0 saturated heterocycles. The number of rotatable bonds is 7. The Balaban J connectivity index is 4.81. The van der Waals surface area contributed by atoms with E-state index in [2.05, 4.69) is 20.8 Å². The van der Waals surface area contributed by atoms with Crippen LogP contribution in [0.1, 0.15) is 20.8 Å². The van der Waals surface area contributed by atoms with Gasteiger partial charge in [-0.25, -0.2) is 0 Å². The van der Waals surface area contributed by atoms with E-state index in [1.54, 1.807) is 0 Å². The van der Waals surface area contributed by atoms with Crippen LogP contribution in [-0.4, -0.2) is 34.6 Å². The molecule has 0 bridgehead atoms. The van der Waals surface area contributed by atoms with Crippen LogP contribution in [0.25, 0.3) is 0 Å². The monoisotopic (exact) mass is 328 g/mol. The molecular weight excluding hydrogens is 301 g/mol. The molecule has 0 aromatic carbocycles. The summed E-state index contributed by atoms with van der Waals surface area (Å²) in [5.74, 6) is 0. The van der Waals surface area contributed by atoms with E-state index in [1.807, 2.05) is 19.6 Å². The zero-order chi connectivity index (χ0) is 13.0. The number of hydrogen-bond donors (Lipinski definition) is 0. The van der Waals surface area contributed by atoms with Crippen molar-refractivity contribution in [1.82, 2.24) is 0 Å². The quantitative estimate of drug-likeness (QED) is 0.675. The molecule has 0 amide bonds. The minimum absolute atomic E-state index is 0.348. The molecule has 0 spiro atoms. The van der Waals surface area contributed by atoms with Gasteiger partial charge in [0, 0.05) is 0 Å². The van der Waals surface area contributed by atoms with E-state index in [0.29, 0.717) is 4.59 Å². The average Bonchev–Trinajstić information content (AvgIpc) is 2.10. The average molecular weight is 327 g/mol. The Morgan fingerprint density at radius 3 is 1.62 bits per heavy atom. The fraction of sp³-hybridized carbons (Fsp3) is 1.00. The Labute approximate surface area is 105 Å². The van der Waals surface area contributed by atoms with Gasteiger partial charge in [0.15, 0.2) is 0 Å². The Hall–Kier alpha value is 0.670. The van der Waals surface area contributed by atoms with Crippen LogP contribution in [0.4, 0.5) is 0 Å². The van der Waals surface area contributed by atoms with Gasteiger partial charge in [0.25, 0.3) is 0 Å². The molecule has 0 aromatic heterocycles. The molecule has 0 heterocycles. The molecule has 0 fully saturated rings. The van der Waals surface area contributed by atoms with Crippen molar-refractivity contribution >= 4 is 31.7 Å². The van der Waals surface area contributed by atoms with E-state index in [9.17, 15) is 8.42 Å². The summed E-state index contributed by atoms with van der Waals surface area (Å²) >= 11 is -2.18. The third-order valence-electron chi connectivity index (χ3n) is 3.11. The summed E-state index contributed by atoms with van der Waals surface area (Å²) in [5, 5.41) is 3.21. The maximum atomic E-state index is 12.0. The third-order valence-corrected chi connectivity index (χ3v) is 22.6. The summed E-state index contributed by atoms with van der Waals surface area (Å²) in [6.07, 6.45) is 0. The van der Waals surface area contributed by atoms with Gasteiger partial charge in [0.2, 0.25) is 0 Å². The van der Waals surface area contributed by atoms with Crippen LogP contribution in [0, 0.1) is 0 Å². The Bertz CT molecular complexity index is 296. The fourth-order valence-electron chi connectivity index (χ4n) is 1.84. The first-order valence-corrected chi connectivity index (χ1v) is 16.9. The topological polar surface area (TPSA) is 43.4 Å². The summed E-state index contributed by atoms with van der Waals surface area (Å²) in [6.45, 7) is 12.2. The maximum absolute atomic E-state index is 12.0. The van der Waals surface area contributed by atoms with Gasteiger partial charge in [-0.2, -0.15) is 0 Å². The van der Waals surface area contributed by atoms with Crippen molar-refractivity contribution in [3.8, 4) is 0 Å². The van der Waals surface area contributed by atoms with Gasteiger partial charge in [-0.05, 0) is 0 Å². The summed E-state index contributed by atoms with van der Waals surface area (Å²) in [5.41, 5.74) is 0. The van der Waals surface area contributed by atoms with E-state index >= 15 is 0 Å². The van der Waals surface area contributed by atoms with Crippen LogP contribution in [0.15, 0.2) is 0 Å². The number of hydrogen-bond acceptors (Lipinski definition) is 3. The molecule has 0 aliphatic carbocycles. The zero-order valence-electron chi connectivity index (χ0n) is 11.5. The van der Waals surface area contributed by atoms with E-state index in [4.69, 9.17) is 3.87 Å². The first-order chi connectivity index (χ1) is 7.10. The molecule has 0 aliphatic heterocycles. The third kappa shape index (κ3) is 5.84. The van der Waals surface area contributed by atoms with Crippen LogP contribution in [0.3, 0.4) is 0 Å². The molecule has 3 nitrogen and oxygen atoms in total. The fourth-order valence-corrected chi connectivity index (χ4v) is 19.3. The Morgan fingerprint density at radius 2 is 1.38 bits per heavy atom. The van der Waals surface area contributed by atoms with Crippen molar-refractivity contribution in [2.75, 3.05) is 4.59 Å². The first-order valence-electron chi connectivity index (χ1n) is 6.03. The van der Waals surface area contributed by atoms with E-state index in [0.717, 1.165) is 15.8 Å². The van der Waals surface area contributed by atoms with Crippen LogP contribution < -0.4 is 0 Å². The molecule has 0 atom stereocenters. The second-order valence-electron chi connectivity index (χ2n) is 5.46. The molecule has 0 aromatic rings. The summed E-state index contributed by atoms with van der Waals surface area (Å²) in [4.78, 5) is 0. The SMILES string of the molecule is C[CH2][Ge]([CH2]C)([CH2]C)[CH2]S(=O)(=O)O[Si](C)(C)C. The molecular formula is C10H26GeO3SSi. The molecule has 0 N–H and O–H groups in total. The van der Waals surface area contributed by atoms with Gasteiger partial charge in [-0.1, -0.05) is 0 Å². The van der Waals surface area contributed by atoms with Crippen LogP contribution in [-0.2, 0) is 14.0 Å². The second kappa shape index (κ2) is 6.02. The van der Waals surface area contributed by atoms with Gasteiger partial charge < -0.3 is 0 Å². The van der Waals surface area contributed by atoms with E-state index < -0.39 is 31.7 Å². The standard InChI is InChI=1S/C10H26GeO3SSi/c1-7-11(8-2,9-3)10-15(12,13)14-16(4,5)6/h7-10H2,1-6H3. The normalized spacial score (nSPS) is 14.1. The molecule has 0 saturated carbocycles. The predicted molar refractivity (Wildman–Crippen MR) is 75.4 cm³/mol. The Morgan fingerprint density at radius 1 is 1.00 bits per heavy atom. The van der Waals surface area contributed by atoms with Crippen molar-refractivity contribution in [2.45, 2.75) is 56.2 Å². The van der Waals surface area contributed by atoms with Gasteiger partial charge >= 0.3 is 105 Å². The van der Waals surface area contributed by atoms with Gasteiger partial charge in [0.05, 0.1) is 0 Å². The molecule has 0 aliphatic rings. The summed E-state index contributed by atoms with van der Waals surface area (Å²) in [7, 11) is -5.28. The zero-order valence-corrected chi connectivity index (χ0v) is 15.4. The molecule has 0 radical (unpaired) electrons.